The molecule has 0 saturated heterocycles. The second kappa shape index (κ2) is 9.25. The molecule has 140 valence electrons. The number of aromatic nitrogens is 1. The zero-order chi connectivity index (χ0) is 19.1. The lowest BCUT2D eigenvalue weighted by atomic mass is 10.1. The van der Waals surface area contributed by atoms with E-state index in [0.717, 1.165) is 10.6 Å². The Morgan fingerprint density at radius 2 is 1.93 bits per heavy atom. The third kappa shape index (κ3) is 5.60. The van der Waals surface area contributed by atoms with Gasteiger partial charge in [-0.15, -0.1) is 11.3 Å². The molecule has 0 fully saturated rings. The van der Waals surface area contributed by atoms with Gasteiger partial charge in [-0.05, 0) is 42.0 Å². The molecule has 1 heterocycles. The minimum atomic E-state index is -0.412. The summed E-state index contributed by atoms with van der Waals surface area (Å²) in [6.07, 6.45) is 0. The SMILES string of the molecule is COCc1cccc(C(=O)OCc2csc(COc3ccc(F)cc3)n2)c1. The van der Waals surface area contributed by atoms with E-state index in [-0.39, 0.29) is 19.0 Å². The normalized spacial score (nSPS) is 10.6. The van der Waals surface area contributed by atoms with Crippen molar-refractivity contribution in [3.63, 3.8) is 0 Å². The second-order valence-electron chi connectivity index (χ2n) is 5.68. The van der Waals surface area contributed by atoms with Crippen LogP contribution in [0.5, 0.6) is 5.75 Å². The maximum Gasteiger partial charge on any atom is 0.338 e. The minimum Gasteiger partial charge on any atom is -0.486 e. The number of hydrogen-bond acceptors (Lipinski definition) is 6. The highest BCUT2D eigenvalue weighted by Gasteiger charge is 2.10. The molecule has 0 bridgehead atoms. The van der Waals surface area contributed by atoms with Gasteiger partial charge in [-0.2, -0.15) is 0 Å². The van der Waals surface area contributed by atoms with Crippen molar-refractivity contribution in [1.82, 2.24) is 4.98 Å². The number of esters is 1. The van der Waals surface area contributed by atoms with Crippen LogP contribution in [0.25, 0.3) is 0 Å². The van der Waals surface area contributed by atoms with Gasteiger partial charge in [-0.25, -0.2) is 14.2 Å². The Balaban J connectivity index is 1.51. The van der Waals surface area contributed by atoms with Crippen LogP contribution in [0.15, 0.2) is 53.9 Å². The predicted octanol–water partition coefficient (Wildman–Crippen LogP) is 4.36. The Morgan fingerprint density at radius 3 is 2.70 bits per heavy atom. The second-order valence-corrected chi connectivity index (χ2v) is 6.63. The van der Waals surface area contributed by atoms with Gasteiger partial charge < -0.3 is 14.2 Å². The molecule has 0 amide bonds. The fourth-order valence-electron chi connectivity index (χ4n) is 2.33. The molecule has 0 unspecified atom stereocenters. The van der Waals surface area contributed by atoms with Crippen molar-refractivity contribution in [3.8, 4) is 5.75 Å². The molecule has 7 heteroatoms. The van der Waals surface area contributed by atoms with E-state index in [9.17, 15) is 9.18 Å². The standard InChI is InChI=1S/C20H18FNO4S/c1-24-10-14-3-2-4-15(9-14)20(23)26-11-17-13-27-19(22-17)12-25-18-7-5-16(21)6-8-18/h2-9,13H,10-12H2,1H3. The highest BCUT2D eigenvalue weighted by atomic mass is 32.1. The number of carbonyl (C=O) groups excluding carboxylic acids is 1. The molecule has 5 nitrogen and oxygen atoms in total. The molecular formula is C20H18FNO4S. The van der Waals surface area contributed by atoms with Gasteiger partial charge in [-0.3, -0.25) is 0 Å². The smallest absolute Gasteiger partial charge is 0.338 e. The van der Waals surface area contributed by atoms with Gasteiger partial charge in [0, 0.05) is 12.5 Å². The first-order chi connectivity index (χ1) is 13.1. The van der Waals surface area contributed by atoms with E-state index in [1.807, 2.05) is 11.4 Å². The number of halogens is 1. The quantitative estimate of drug-likeness (QED) is 0.538. The Bertz CT molecular complexity index is 895. The summed E-state index contributed by atoms with van der Waals surface area (Å²) in [5.74, 6) is -0.158. The fourth-order valence-corrected chi connectivity index (χ4v) is 3.02. The molecule has 0 aliphatic carbocycles. The minimum absolute atomic E-state index is 0.0837. The van der Waals surface area contributed by atoms with E-state index in [0.29, 0.717) is 23.6 Å². The number of carbonyl (C=O) groups is 1. The first kappa shape index (κ1) is 19.0. The number of methoxy groups -OCH3 is 1. The molecule has 0 aliphatic heterocycles. The molecule has 3 aromatic rings. The van der Waals surface area contributed by atoms with Gasteiger partial charge in [0.1, 0.15) is 29.8 Å². The molecule has 0 saturated carbocycles. The van der Waals surface area contributed by atoms with Crippen LogP contribution in [0.2, 0.25) is 0 Å². The summed E-state index contributed by atoms with van der Waals surface area (Å²) in [7, 11) is 1.60. The van der Waals surface area contributed by atoms with Crippen molar-refractivity contribution in [2.24, 2.45) is 0 Å². The topological polar surface area (TPSA) is 57.7 Å². The van der Waals surface area contributed by atoms with E-state index in [1.54, 1.807) is 37.4 Å². The zero-order valence-electron chi connectivity index (χ0n) is 14.7. The van der Waals surface area contributed by atoms with Gasteiger partial charge in [-0.1, -0.05) is 12.1 Å². The average molecular weight is 387 g/mol. The first-order valence-corrected chi connectivity index (χ1v) is 9.08. The molecule has 0 spiro atoms. The lowest BCUT2D eigenvalue weighted by Crippen LogP contribution is -2.06. The summed E-state index contributed by atoms with van der Waals surface area (Å²) in [6, 6.07) is 12.9. The summed E-state index contributed by atoms with van der Waals surface area (Å²) in [5.41, 5.74) is 2.03. The fraction of sp³-hybridized carbons (Fsp3) is 0.200. The number of ether oxygens (including phenoxy) is 3. The first-order valence-electron chi connectivity index (χ1n) is 8.20. The van der Waals surface area contributed by atoms with Crippen LogP contribution in [-0.4, -0.2) is 18.1 Å². The van der Waals surface area contributed by atoms with Gasteiger partial charge >= 0.3 is 5.97 Å². The van der Waals surface area contributed by atoms with Gasteiger partial charge in [0.15, 0.2) is 0 Å². The van der Waals surface area contributed by atoms with Crippen LogP contribution < -0.4 is 4.74 Å². The summed E-state index contributed by atoms with van der Waals surface area (Å²) < 4.78 is 28.8. The highest BCUT2D eigenvalue weighted by molar-refractivity contribution is 7.09. The molecular weight excluding hydrogens is 369 g/mol. The van der Waals surface area contributed by atoms with E-state index < -0.39 is 5.97 Å². The van der Waals surface area contributed by atoms with Crippen molar-refractivity contribution >= 4 is 17.3 Å². The lowest BCUT2D eigenvalue weighted by molar-refractivity contribution is 0.0468. The number of benzene rings is 2. The van der Waals surface area contributed by atoms with Crippen molar-refractivity contribution in [1.29, 1.82) is 0 Å². The van der Waals surface area contributed by atoms with E-state index in [1.165, 1.54) is 23.5 Å². The number of thiazole rings is 1. The number of nitrogens with zero attached hydrogens (tertiary/aromatic N) is 1. The third-order valence-electron chi connectivity index (χ3n) is 3.60. The number of rotatable bonds is 8. The largest absolute Gasteiger partial charge is 0.486 e. The summed E-state index contributed by atoms with van der Waals surface area (Å²) in [4.78, 5) is 16.6. The Morgan fingerprint density at radius 1 is 1.11 bits per heavy atom. The van der Waals surface area contributed by atoms with Crippen LogP contribution in [0, 0.1) is 5.82 Å². The van der Waals surface area contributed by atoms with Crippen molar-refractivity contribution in [2.75, 3.05) is 7.11 Å². The molecule has 2 aromatic carbocycles. The maximum atomic E-state index is 12.9. The third-order valence-corrected chi connectivity index (χ3v) is 4.47. The average Bonchev–Trinajstić information content (AvgIpc) is 3.14. The molecule has 0 radical (unpaired) electrons. The molecule has 0 aliphatic rings. The van der Waals surface area contributed by atoms with Crippen LogP contribution >= 0.6 is 11.3 Å². The molecule has 1 aromatic heterocycles. The lowest BCUT2D eigenvalue weighted by Gasteiger charge is -2.05. The monoisotopic (exact) mass is 387 g/mol. The summed E-state index contributed by atoms with van der Waals surface area (Å²) in [6.45, 7) is 0.786. The van der Waals surface area contributed by atoms with E-state index in [4.69, 9.17) is 14.2 Å². The van der Waals surface area contributed by atoms with E-state index >= 15 is 0 Å². The van der Waals surface area contributed by atoms with Gasteiger partial charge in [0.2, 0.25) is 0 Å². The Hall–Kier alpha value is -2.77. The van der Waals surface area contributed by atoms with Crippen LogP contribution in [0.3, 0.4) is 0 Å². The Kier molecular flexibility index (Phi) is 6.51. The molecule has 3 rings (SSSR count). The van der Waals surface area contributed by atoms with Crippen LogP contribution in [0.1, 0.15) is 26.6 Å². The molecule has 27 heavy (non-hydrogen) atoms. The number of hydrogen-bond donors (Lipinski definition) is 0. The molecule has 0 atom stereocenters. The molecule has 0 N–H and O–H groups in total. The van der Waals surface area contributed by atoms with Gasteiger partial charge in [0.05, 0.1) is 17.9 Å². The van der Waals surface area contributed by atoms with Crippen LogP contribution in [-0.2, 0) is 29.3 Å². The van der Waals surface area contributed by atoms with Crippen LogP contribution in [0.4, 0.5) is 4.39 Å². The maximum absolute atomic E-state index is 12.9. The van der Waals surface area contributed by atoms with Crippen molar-refractivity contribution < 1.29 is 23.4 Å². The predicted molar refractivity (Wildman–Crippen MR) is 99.1 cm³/mol. The summed E-state index contributed by atoms with van der Waals surface area (Å²) >= 11 is 1.41. The van der Waals surface area contributed by atoms with E-state index in [2.05, 4.69) is 4.98 Å². The highest BCUT2D eigenvalue weighted by Crippen LogP contribution is 2.17. The van der Waals surface area contributed by atoms with Gasteiger partial charge in [0.25, 0.3) is 0 Å². The Labute approximate surface area is 160 Å². The van der Waals surface area contributed by atoms with Crippen molar-refractivity contribution in [2.45, 2.75) is 19.8 Å². The summed E-state index contributed by atoms with van der Waals surface area (Å²) in [5, 5.41) is 2.56. The van der Waals surface area contributed by atoms with Crippen molar-refractivity contribution in [3.05, 3.63) is 81.6 Å². The zero-order valence-corrected chi connectivity index (χ0v) is 15.5.